The summed E-state index contributed by atoms with van der Waals surface area (Å²) in [5, 5.41) is 9.43. The number of thiophene rings is 1. The van der Waals surface area contributed by atoms with E-state index in [1.807, 2.05) is 30.8 Å². The molecule has 0 amide bonds. The first-order valence-electron chi connectivity index (χ1n) is 6.45. The van der Waals surface area contributed by atoms with E-state index >= 15 is 0 Å². The van der Waals surface area contributed by atoms with Crippen molar-refractivity contribution in [3.8, 4) is 0 Å². The van der Waals surface area contributed by atoms with Gasteiger partial charge in [-0.25, -0.2) is 15.0 Å². The lowest BCUT2D eigenvalue weighted by Crippen LogP contribution is -2.00. The Balaban J connectivity index is 1.89. The third kappa shape index (κ3) is 2.88. The third-order valence-corrected chi connectivity index (χ3v) is 4.85. The van der Waals surface area contributed by atoms with Crippen LogP contribution in [0.25, 0.3) is 5.57 Å². The van der Waals surface area contributed by atoms with Gasteiger partial charge in [0.2, 0.25) is 0 Å². The van der Waals surface area contributed by atoms with Crippen LogP contribution in [0.3, 0.4) is 0 Å². The number of anilines is 2. The number of nitrogens with two attached hydrogens (primary N) is 1. The Morgan fingerprint density at radius 1 is 1.38 bits per heavy atom. The Morgan fingerprint density at radius 3 is 2.90 bits per heavy atom. The molecule has 0 fully saturated rings. The lowest BCUT2D eigenvalue weighted by atomic mass is 10.1. The maximum Gasteiger partial charge on any atom is 0.126 e. The number of allylic oxidation sites excluding steroid dienone is 2. The van der Waals surface area contributed by atoms with Gasteiger partial charge in [-0.05, 0) is 19.4 Å². The number of rotatable bonds is 4. The van der Waals surface area contributed by atoms with Gasteiger partial charge in [0.1, 0.15) is 10.8 Å². The highest BCUT2D eigenvalue weighted by Gasteiger charge is 2.16. The fourth-order valence-corrected chi connectivity index (χ4v) is 3.54. The summed E-state index contributed by atoms with van der Waals surface area (Å²) in [5.74, 6) is 0.774. The molecule has 3 N–H and O–H groups in total. The summed E-state index contributed by atoms with van der Waals surface area (Å²) in [5.41, 5.74) is 9.81. The second-order valence-corrected chi connectivity index (χ2v) is 6.46. The molecule has 2 aromatic rings. The molecule has 108 valence electrons. The van der Waals surface area contributed by atoms with Crippen LogP contribution in [0, 0.1) is 0 Å². The van der Waals surface area contributed by atoms with Crippen LogP contribution in [0.1, 0.15) is 24.4 Å². The monoisotopic (exact) mass is 317 g/mol. The first kappa shape index (κ1) is 14.0. The van der Waals surface area contributed by atoms with Crippen LogP contribution in [0.4, 0.5) is 10.7 Å². The quantitative estimate of drug-likeness (QED) is 0.904. The summed E-state index contributed by atoms with van der Waals surface area (Å²) >= 11 is 3.23. The topological polar surface area (TPSA) is 75.7 Å². The number of nitrogens with zero attached hydrogens (tertiary/aromatic N) is 3. The molecule has 1 aliphatic rings. The van der Waals surface area contributed by atoms with Gasteiger partial charge in [-0.3, -0.25) is 0 Å². The number of thiazole rings is 1. The van der Waals surface area contributed by atoms with E-state index in [1.54, 1.807) is 28.9 Å². The number of aromatic nitrogens is 1. The molecule has 0 atom stereocenters. The van der Waals surface area contributed by atoms with Gasteiger partial charge in [0.05, 0.1) is 29.1 Å². The Kier molecular flexibility index (Phi) is 3.85. The number of nitrogen functional groups attached to an aromatic ring is 1. The van der Waals surface area contributed by atoms with Gasteiger partial charge in [-0.1, -0.05) is 0 Å². The van der Waals surface area contributed by atoms with E-state index in [1.165, 1.54) is 0 Å². The molecule has 0 spiro atoms. The van der Waals surface area contributed by atoms with Gasteiger partial charge in [0, 0.05) is 22.5 Å². The van der Waals surface area contributed by atoms with E-state index in [-0.39, 0.29) is 0 Å². The van der Waals surface area contributed by atoms with Crippen molar-refractivity contribution >= 4 is 51.0 Å². The Bertz CT molecular complexity index is 738. The minimum atomic E-state index is 0.698. The van der Waals surface area contributed by atoms with Gasteiger partial charge in [-0.15, -0.1) is 22.7 Å². The van der Waals surface area contributed by atoms with Gasteiger partial charge in [0.15, 0.2) is 0 Å². The third-order valence-electron chi connectivity index (χ3n) is 3.12. The van der Waals surface area contributed by atoms with Crippen LogP contribution < -0.4 is 11.1 Å². The molecule has 0 aliphatic carbocycles. The highest BCUT2D eigenvalue weighted by atomic mass is 32.1. The van der Waals surface area contributed by atoms with Gasteiger partial charge >= 0.3 is 0 Å². The Morgan fingerprint density at radius 2 is 2.24 bits per heavy atom. The molecule has 0 aromatic carbocycles. The van der Waals surface area contributed by atoms with Crippen LogP contribution >= 0.6 is 22.7 Å². The molecule has 21 heavy (non-hydrogen) atoms. The smallest absolute Gasteiger partial charge is 0.126 e. The average molecular weight is 317 g/mol. The summed E-state index contributed by atoms with van der Waals surface area (Å²) in [6.45, 7) is 4.61. The normalized spacial score (nSPS) is 16.2. The van der Waals surface area contributed by atoms with Crippen molar-refractivity contribution in [1.29, 1.82) is 0 Å². The molecular formula is C14H15N5S2. The standard InChI is InChI=1S/C14H15N5S2/c1-8(11-5-17-9(2)19-11)13-10(15)7-21-14(13)18-6-12-16-3-4-20-12/h3-5,7,18H,6,15H2,1-2H3. The molecule has 7 heteroatoms. The molecule has 1 aliphatic heterocycles. The molecule has 0 saturated carbocycles. The molecule has 0 saturated heterocycles. The van der Waals surface area contributed by atoms with E-state index in [2.05, 4.69) is 20.3 Å². The van der Waals surface area contributed by atoms with Crippen LogP contribution in [-0.2, 0) is 6.54 Å². The van der Waals surface area contributed by atoms with Crippen LogP contribution in [-0.4, -0.2) is 17.0 Å². The van der Waals surface area contributed by atoms with E-state index in [9.17, 15) is 0 Å². The first-order valence-corrected chi connectivity index (χ1v) is 8.21. The minimum Gasteiger partial charge on any atom is -0.397 e. The summed E-state index contributed by atoms with van der Waals surface area (Å²) in [7, 11) is 0. The molecule has 3 rings (SSSR count). The minimum absolute atomic E-state index is 0.698. The number of nitrogens with one attached hydrogen (secondary N) is 1. The molecule has 0 bridgehead atoms. The summed E-state index contributed by atoms with van der Waals surface area (Å²) in [4.78, 5) is 12.9. The van der Waals surface area contributed by atoms with Crippen molar-refractivity contribution in [3.05, 3.63) is 33.2 Å². The molecule has 5 nitrogen and oxygen atoms in total. The van der Waals surface area contributed by atoms with Crippen molar-refractivity contribution in [1.82, 2.24) is 4.98 Å². The zero-order chi connectivity index (χ0) is 14.8. The predicted octanol–water partition coefficient (Wildman–Crippen LogP) is 3.63. The summed E-state index contributed by atoms with van der Waals surface area (Å²) in [6.07, 6.45) is 3.59. The second-order valence-electron chi connectivity index (χ2n) is 4.60. The number of amidine groups is 1. The van der Waals surface area contributed by atoms with Crippen molar-refractivity contribution in [2.45, 2.75) is 20.4 Å². The van der Waals surface area contributed by atoms with E-state index < -0.39 is 0 Å². The molecule has 3 heterocycles. The lowest BCUT2D eigenvalue weighted by molar-refractivity contribution is 1.11. The first-order chi connectivity index (χ1) is 10.1. The molecule has 2 aromatic heterocycles. The van der Waals surface area contributed by atoms with Gasteiger partial charge < -0.3 is 11.1 Å². The predicted molar refractivity (Wildman–Crippen MR) is 92.4 cm³/mol. The summed E-state index contributed by atoms with van der Waals surface area (Å²) in [6, 6.07) is 0. The largest absolute Gasteiger partial charge is 0.397 e. The zero-order valence-corrected chi connectivity index (χ0v) is 13.4. The van der Waals surface area contributed by atoms with E-state index in [0.29, 0.717) is 6.54 Å². The Hall–Kier alpha value is -1.99. The van der Waals surface area contributed by atoms with Gasteiger partial charge in [-0.2, -0.15) is 0 Å². The van der Waals surface area contributed by atoms with Crippen molar-refractivity contribution in [2.24, 2.45) is 9.98 Å². The summed E-state index contributed by atoms with van der Waals surface area (Å²) < 4.78 is 0. The van der Waals surface area contributed by atoms with Gasteiger partial charge in [0.25, 0.3) is 0 Å². The van der Waals surface area contributed by atoms with Crippen molar-refractivity contribution in [2.75, 3.05) is 11.1 Å². The van der Waals surface area contributed by atoms with Crippen LogP contribution in [0.2, 0.25) is 0 Å². The zero-order valence-electron chi connectivity index (χ0n) is 11.8. The SMILES string of the molecule is CC1=NC(=C(C)c2c(N)csc2NCc2nccs2)C=N1. The fraction of sp³-hybridized carbons (Fsp3) is 0.214. The van der Waals surface area contributed by atoms with Crippen LogP contribution in [0.15, 0.2) is 32.6 Å². The van der Waals surface area contributed by atoms with E-state index in [0.717, 1.165) is 38.4 Å². The molecule has 0 unspecified atom stereocenters. The van der Waals surface area contributed by atoms with E-state index in [4.69, 9.17) is 5.73 Å². The Labute approximate surface area is 131 Å². The number of aliphatic imine (C=N–C) groups is 2. The lowest BCUT2D eigenvalue weighted by Gasteiger charge is -2.08. The fourth-order valence-electron chi connectivity index (χ4n) is 2.08. The second kappa shape index (κ2) is 5.79. The number of hydrogen-bond donors (Lipinski definition) is 2. The molecular weight excluding hydrogens is 302 g/mol. The number of hydrogen-bond acceptors (Lipinski definition) is 7. The van der Waals surface area contributed by atoms with Crippen molar-refractivity contribution < 1.29 is 0 Å². The highest BCUT2D eigenvalue weighted by Crippen LogP contribution is 2.37. The van der Waals surface area contributed by atoms with Crippen molar-refractivity contribution in [3.63, 3.8) is 0 Å². The average Bonchev–Trinajstić information content (AvgIpc) is 3.17. The maximum absolute atomic E-state index is 6.12. The maximum atomic E-state index is 6.12. The molecule has 0 radical (unpaired) electrons. The van der Waals surface area contributed by atoms with Crippen LogP contribution in [0.5, 0.6) is 0 Å². The highest BCUT2D eigenvalue weighted by molar-refractivity contribution is 7.15.